The molecule has 1 N–H and O–H groups in total. The lowest BCUT2D eigenvalue weighted by atomic mass is 9.82. The van der Waals surface area contributed by atoms with E-state index in [1.807, 2.05) is 0 Å². The maximum atomic E-state index is 12.6. The third kappa shape index (κ3) is 2.65. The van der Waals surface area contributed by atoms with Gasteiger partial charge in [-0.05, 0) is 0 Å². The molecular weight excluding hydrogens is 290 g/mol. The first kappa shape index (κ1) is 16.5. The number of Topliss-reactive ketones (excluding diaryl/α,β-unsaturated/α-hetero) is 1. The van der Waals surface area contributed by atoms with E-state index in [0.29, 0.717) is 6.92 Å². The number of aliphatic hydroxyl groups is 1. The van der Waals surface area contributed by atoms with Gasteiger partial charge in [0.1, 0.15) is 0 Å². The first-order valence-electron chi connectivity index (χ1n) is 5.38. The highest BCUT2D eigenvalue weighted by Gasteiger charge is 2.74. The second-order valence-electron chi connectivity index (χ2n) is 4.21. The lowest BCUT2D eigenvalue weighted by molar-refractivity contribution is -0.377. The Kier molecular flexibility index (Phi) is 4.19. The van der Waals surface area contributed by atoms with E-state index in [0.717, 1.165) is 12.1 Å². The van der Waals surface area contributed by atoms with Gasteiger partial charge < -0.3 is 5.11 Å². The fourth-order valence-electron chi connectivity index (χ4n) is 1.69. The van der Waals surface area contributed by atoms with Crippen molar-refractivity contribution in [3.63, 3.8) is 0 Å². The number of rotatable bonds is 3. The monoisotopic (exact) mass is 300 g/mol. The van der Waals surface area contributed by atoms with Crippen LogP contribution in [0, 0.1) is 5.92 Å². The minimum atomic E-state index is -6.02. The second kappa shape index (κ2) is 5.08. The molecule has 0 saturated heterocycles. The van der Waals surface area contributed by atoms with E-state index < -0.39 is 29.7 Å². The van der Waals surface area contributed by atoms with E-state index in [1.54, 1.807) is 0 Å². The summed E-state index contributed by atoms with van der Waals surface area (Å²) in [6.07, 6.45) is -12.0. The zero-order chi connectivity index (χ0) is 15.8. The minimum Gasteiger partial charge on any atom is -0.373 e. The van der Waals surface area contributed by atoms with Gasteiger partial charge in [0.25, 0.3) is 5.60 Å². The predicted molar refractivity (Wildman–Crippen MR) is 57.0 cm³/mol. The van der Waals surface area contributed by atoms with Crippen LogP contribution in [0.4, 0.5) is 26.3 Å². The standard InChI is InChI=1S/C12H10F6O2/c1-7(9(19)8-5-3-2-4-6-8)10(20,11(13,14)15)12(16,17)18/h2-7,20H,1H3/t7-/m1/s1. The molecule has 0 unspecified atom stereocenters. The van der Waals surface area contributed by atoms with Gasteiger partial charge in [0.2, 0.25) is 0 Å². The average Bonchev–Trinajstić information content (AvgIpc) is 2.34. The molecule has 0 aromatic heterocycles. The van der Waals surface area contributed by atoms with E-state index in [9.17, 15) is 31.1 Å². The van der Waals surface area contributed by atoms with Crippen LogP contribution in [-0.4, -0.2) is 28.8 Å². The Hall–Kier alpha value is -1.57. The molecule has 1 aromatic rings. The van der Waals surface area contributed by atoms with Crippen LogP contribution in [0.3, 0.4) is 0 Å². The number of benzene rings is 1. The SMILES string of the molecule is C[C@H](C(=O)c1ccccc1)C(O)(C(F)(F)F)C(F)(F)F. The molecule has 0 spiro atoms. The fraction of sp³-hybridized carbons (Fsp3) is 0.417. The number of hydrogen-bond acceptors (Lipinski definition) is 2. The van der Waals surface area contributed by atoms with Crippen molar-refractivity contribution in [1.29, 1.82) is 0 Å². The second-order valence-corrected chi connectivity index (χ2v) is 4.21. The smallest absolute Gasteiger partial charge is 0.373 e. The average molecular weight is 300 g/mol. The van der Waals surface area contributed by atoms with Gasteiger partial charge in [0.15, 0.2) is 5.78 Å². The molecule has 2 nitrogen and oxygen atoms in total. The van der Waals surface area contributed by atoms with E-state index >= 15 is 0 Å². The first-order valence-corrected chi connectivity index (χ1v) is 5.38. The Morgan fingerprint density at radius 3 is 1.75 bits per heavy atom. The van der Waals surface area contributed by atoms with Crippen LogP contribution in [0.2, 0.25) is 0 Å². The lowest BCUT2D eigenvalue weighted by Crippen LogP contribution is -2.62. The van der Waals surface area contributed by atoms with Gasteiger partial charge in [-0.25, -0.2) is 0 Å². The van der Waals surface area contributed by atoms with Crippen LogP contribution in [0.5, 0.6) is 0 Å². The van der Waals surface area contributed by atoms with Gasteiger partial charge in [-0.1, -0.05) is 37.3 Å². The van der Waals surface area contributed by atoms with Crippen LogP contribution in [-0.2, 0) is 0 Å². The van der Waals surface area contributed by atoms with E-state index in [4.69, 9.17) is 5.11 Å². The number of carbonyl (C=O) groups is 1. The summed E-state index contributed by atoms with van der Waals surface area (Å²) in [5.41, 5.74) is -5.43. The summed E-state index contributed by atoms with van der Waals surface area (Å²) < 4.78 is 75.6. The summed E-state index contributed by atoms with van der Waals surface area (Å²) in [6, 6.07) is 6.18. The molecule has 0 bridgehead atoms. The summed E-state index contributed by atoms with van der Waals surface area (Å²) >= 11 is 0. The summed E-state index contributed by atoms with van der Waals surface area (Å²) in [6.45, 7) is 0.399. The Morgan fingerprint density at radius 2 is 1.40 bits per heavy atom. The molecule has 0 fully saturated rings. The third-order valence-corrected chi connectivity index (χ3v) is 2.94. The summed E-state index contributed by atoms with van der Waals surface area (Å²) in [5.74, 6) is -4.16. The molecule has 8 heteroatoms. The van der Waals surface area contributed by atoms with Crippen molar-refractivity contribution >= 4 is 5.78 Å². The van der Waals surface area contributed by atoms with Gasteiger partial charge in [0.05, 0.1) is 5.92 Å². The number of ketones is 1. The Labute approximate surface area is 110 Å². The topological polar surface area (TPSA) is 37.3 Å². The predicted octanol–water partition coefficient (Wildman–Crippen LogP) is 3.36. The highest BCUT2D eigenvalue weighted by molar-refractivity contribution is 5.98. The molecule has 112 valence electrons. The molecule has 0 heterocycles. The molecule has 0 amide bonds. The van der Waals surface area contributed by atoms with Crippen LogP contribution < -0.4 is 0 Å². The maximum Gasteiger partial charge on any atom is 0.427 e. The van der Waals surface area contributed by atoms with Crippen LogP contribution in [0.25, 0.3) is 0 Å². The van der Waals surface area contributed by atoms with Gasteiger partial charge in [-0.15, -0.1) is 0 Å². The Morgan fingerprint density at radius 1 is 1.00 bits per heavy atom. The molecule has 1 atom stereocenters. The fourth-order valence-corrected chi connectivity index (χ4v) is 1.69. The van der Waals surface area contributed by atoms with Crippen molar-refractivity contribution in [1.82, 2.24) is 0 Å². The molecule has 0 aliphatic rings. The van der Waals surface area contributed by atoms with Crippen molar-refractivity contribution in [2.75, 3.05) is 0 Å². The maximum absolute atomic E-state index is 12.6. The molecule has 0 radical (unpaired) electrons. The molecule has 0 saturated carbocycles. The number of hydrogen-bond donors (Lipinski definition) is 1. The number of alkyl halides is 6. The zero-order valence-corrected chi connectivity index (χ0v) is 10.1. The Balaban J connectivity index is 3.27. The van der Waals surface area contributed by atoms with Crippen molar-refractivity contribution < 1.29 is 36.2 Å². The first-order chi connectivity index (χ1) is 8.93. The van der Waals surface area contributed by atoms with E-state index in [2.05, 4.69) is 0 Å². The van der Waals surface area contributed by atoms with Gasteiger partial charge in [-0.3, -0.25) is 4.79 Å². The molecular formula is C12H10F6O2. The zero-order valence-electron chi connectivity index (χ0n) is 10.1. The minimum absolute atomic E-state index is 0.341. The Bertz CT molecular complexity index is 463. The molecule has 20 heavy (non-hydrogen) atoms. The van der Waals surface area contributed by atoms with E-state index in [-0.39, 0.29) is 5.56 Å². The lowest BCUT2D eigenvalue weighted by Gasteiger charge is -2.36. The van der Waals surface area contributed by atoms with Crippen molar-refractivity contribution in [3.05, 3.63) is 35.9 Å². The van der Waals surface area contributed by atoms with Crippen LogP contribution >= 0.6 is 0 Å². The van der Waals surface area contributed by atoms with Gasteiger partial charge in [0, 0.05) is 5.56 Å². The van der Waals surface area contributed by atoms with Crippen molar-refractivity contribution in [3.8, 4) is 0 Å². The van der Waals surface area contributed by atoms with Crippen molar-refractivity contribution in [2.45, 2.75) is 24.9 Å². The van der Waals surface area contributed by atoms with Crippen LogP contribution in [0.1, 0.15) is 17.3 Å². The molecule has 0 aliphatic carbocycles. The molecule has 1 rings (SSSR count). The summed E-state index contributed by atoms with van der Waals surface area (Å²) in [7, 11) is 0. The highest BCUT2D eigenvalue weighted by Crippen LogP contribution is 2.48. The van der Waals surface area contributed by atoms with Gasteiger partial charge >= 0.3 is 12.4 Å². The quantitative estimate of drug-likeness (QED) is 0.686. The van der Waals surface area contributed by atoms with E-state index in [1.165, 1.54) is 18.2 Å². The highest BCUT2D eigenvalue weighted by atomic mass is 19.4. The van der Waals surface area contributed by atoms with Crippen LogP contribution in [0.15, 0.2) is 30.3 Å². The number of halogens is 6. The van der Waals surface area contributed by atoms with Crippen molar-refractivity contribution in [2.24, 2.45) is 5.92 Å². The summed E-state index contributed by atoms with van der Waals surface area (Å²) in [5, 5.41) is 9.11. The summed E-state index contributed by atoms with van der Waals surface area (Å²) in [4.78, 5) is 11.7. The molecule has 0 aliphatic heterocycles. The third-order valence-electron chi connectivity index (χ3n) is 2.94. The molecule has 1 aromatic carbocycles. The largest absolute Gasteiger partial charge is 0.427 e. The number of carbonyl (C=O) groups excluding carboxylic acids is 1. The normalized spacial score (nSPS) is 15.0. The van der Waals surface area contributed by atoms with Gasteiger partial charge in [-0.2, -0.15) is 26.3 Å².